The highest BCUT2D eigenvalue weighted by molar-refractivity contribution is 5.96. The molecule has 2 aromatic rings. The highest BCUT2D eigenvalue weighted by atomic mass is 16.5. The van der Waals surface area contributed by atoms with Crippen LogP contribution in [0, 0.1) is 25.7 Å². The van der Waals surface area contributed by atoms with E-state index in [-0.39, 0.29) is 17.9 Å². The van der Waals surface area contributed by atoms with Gasteiger partial charge in [-0.2, -0.15) is 0 Å². The summed E-state index contributed by atoms with van der Waals surface area (Å²) >= 11 is 0. The molecule has 0 aromatic carbocycles. The Hall–Kier alpha value is -2.70. The third-order valence-corrected chi connectivity index (χ3v) is 5.56. The van der Waals surface area contributed by atoms with Crippen LogP contribution < -0.4 is 10.6 Å². The molecule has 7 nitrogen and oxygen atoms in total. The lowest BCUT2D eigenvalue weighted by Gasteiger charge is -2.34. The zero-order valence-electron chi connectivity index (χ0n) is 16.7. The summed E-state index contributed by atoms with van der Waals surface area (Å²) < 4.78 is 5.15. The molecular formula is C21H28N4O3. The first-order valence-corrected chi connectivity index (χ1v) is 9.84. The smallest absolute Gasteiger partial charge is 0.257 e. The summed E-state index contributed by atoms with van der Waals surface area (Å²) in [6.07, 6.45) is 5.76. The van der Waals surface area contributed by atoms with Crippen molar-refractivity contribution >= 4 is 11.8 Å². The summed E-state index contributed by atoms with van der Waals surface area (Å²) in [4.78, 5) is 28.6. The molecule has 2 N–H and O–H groups in total. The zero-order valence-corrected chi connectivity index (χ0v) is 16.7. The van der Waals surface area contributed by atoms with Crippen LogP contribution in [0.15, 0.2) is 28.9 Å². The number of rotatable bonds is 6. The SMILES string of the molecule is CC(=O)NCC1CCC(C(NC(=O)c2c(C)noc2C)c2ccccn2)CC1. The highest BCUT2D eigenvalue weighted by Gasteiger charge is 2.32. The van der Waals surface area contributed by atoms with E-state index in [2.05, 4.69) is 20.8 Å². The molecule has 2 aromatic heterocycles. The Bertz CT molecular complexity index is 791. The first-order valence-electron chi connectivity index (χ1n) is 9.84. The molecule has 1 atom stereocenters. The quantitative estimate of drug-likeness (QED) is 0.798. The van der Waals surface area contributed by atoms with Gasteiger partial charge in [-0.05, 0) is 63.5 Å². The number of carbonyl (C=O) groups excluding carboxylic acids is 2. The Labute approximate surface area is 165 Å². The lowest BCUT2D eigenvalue weighted by molar-refractivity contribution is -0.119. The van der Waals surface area contributed by atoms with Crippen LogP contribution in [0.4, 0.5) is 0 Å². The number of nitrogens with zero attached hydrogens (tertiary/aromatic N) is 2. The fraction of sp³-hybridized carbons (Fsp3) is 0.524. The maximum atomic E-state index is 12.9. The van der Waals surface area contributed by atoms with Crippen molar-refractivity contribution in [1.29, 1.82) is 0 Å². The van der Waals surface area contributed by atoms with Gasteiger partial charge in [-0.3, -0.25) is 14.6 Å². The van der Waals surface area contributed by atoms with Crippen LogP contribution in [0.2, 0.25) is 0 Å². The van der Waals surface area contributed by atoms with Crippen LogP contribution in [0.3, 0.4) is 0 Å². The molecular weight excluding hydrogens is 356 g/mol. The number of aromatic nitrogens is 2. The Kier molecular flexibility index (Phi) is 6.44. The molecule has 1 unspecified atom stereocenters. The molecule has 28 heavy (non-hydrogen) atoms. The number of amides is 2. The lowest BCUT2D eigenvalue weighted by atomic mass is 9.77. The minimum absolute atomic E-state index is 0.0141. The number of nitrogens with one attached hydrogen (secondary N) is 2. The Balaban J connectivity index is 1.72. The molecule has 0 radical (unpaired) electrons. The number of carbonyl (C=O) groups is 2. The molecule has 1 saturated carbocycles. The Morgan fingerprint density at radius 1 is 1.21 bits per heavy atom. The monoisotopic (exact) mass is 384 g/mol. The van der Waals surface area contributed by atoms with Crippen molar-refractivity contribution in [3.05, 3.63) is 47.1 Å². The normalized spacial score (nSPS) is 20.4. The van der Waals surface area contributed by atoms with Gasteiger partial charge < -0.3 is 15.2 Å². The van der Waals surface area contributed by atoms with Gasteiger partial charge in [0.05, 0.1) is 17.4 Å². The number of hydrogen-bond donors (Lipinski definition) is 2. The van der Waals surface area contributed by atoms with Gasteiger partial charge in [-0.1, -0.05) is 11.2 Å². The van der Waals surface area contributed by atoms with Gasteiger partial charge in [0.15, 0.2) is 0 Å². The van der Waals surface area contributed by atoms with E-state index in [1.165, 1.54) is 0 Å². The topological polar surface area (TPSA) is 97.1 Å². The minimum Gasteiger partial charge on any atom is -0.361 e. The number of hydrogen-bond acceptors (Lipinski definition) is 5. The van der Waals surface area contributed by atoms with Gasteiger partial charge in [-0.15, -0.1) is 0 Å². The maximum absolute atomic E-state index is 12.9. The molecule has 7 heteroatoms. The highest BCUT2D eigenvalue weighted by Crippen LogP contribution is 2.36. The standard InChI is InChI=1S/C21H28N4O3/c1-13-19(14(2)28-25-13)21(27)24-20(18-6-4-5-11-22-18)17-9-7-16(8-10-17)12-23-15(3)26/h4-6,11,16-17,20H,7-10,12H2,1-3H3,(H,23,26)(H,24,27). The minimum atomic E-state index is -0.174. The molecule has 150 valence electrons. The average molecular weight is 384 g/mol. The van der Waals surface area contributed by atoms with E-state index in [0.29, 0.717) is 28.9 Å². The molecule has 3 rings (SSSR count). The van der Waals surface area contributed by atoms with E-state index < -0.39 is 0 Å². The molecule has 2 amide bonds. The second-order valence-electron chi connectivity index (χ2n) is 7.62. The number of aryl methyl sites for hydroxylation is 2. The van der Waals surface area contributed by atoms with Crippen molar-refractivity contribution in [3.63, 3.8) is 0 Å². The van der Waals surface area contributed by atoms with Crippen molar-refractivity contribution in [3.8, 4) is 0 Å². The Morgan fingerprint density at radius 3 is 2.54 bits per heavy atom. The maximum Gasteiger partial charge on any atom is 0.257 e. The van der Waals surface area contributed by atoms with Gasteiger partial charge in [0.1, 0.15) is 11.3 Å². The second kappa shape index (κ2) is 8.99. The van der Waals surface area contributed by atoms with Crippen LogP contribution in [0.5, 0.6) is 0 Å². The third kappa shape index (κ3) is 4.77. The summed E-state index contributed by atoms with van der Waals surface area (Å²) in [5.41, 5.74) is 1.96. The van der Waals surface area contributed by atoms with E-state index in [4.69, 9.17) is 4.52 Å². The summed E-state index contributed by atoms with van der Waals surface area (Å²) in [5, 5.41) is 9.99. The van der Waals surface area contributed by atoms with E-state index >= 15 is 0 Å². The van der Waals surface area contributed by atoms with Crippen molar-refractivity contribution in [2.75, 3.05) is 6.54 Å². The van der Waals surface area contributed by atoms with Crippen LogP contribution in [0.1, 0.15) is 66.2 Å². The van der Waals surface area contributed by atoms with E-state index in [9.17, 15) is 9.59 Å². The molecule has 0 saturated heterocycles. The summed E-state index contributed by atoms with van der Waals surface area (Å²) in [5.74, 6) is 1.15. The van der Waals surface area contributed by atoms with Gasteiger partial charge in [0.2, 0.25) is 5.91 Å². The first-order chi connectivity index (χ1) is 13.5. The molecule has 2 heterocycles. The van der Waals surface area contributed by atoms with Crippen molar-refractivity contribution in [1.82, 2.24) is 20.8 Å². The largest absolute Gasteiger partial charge is 0.361 e. The van der Waals surface area contributed by atoms with Gasteiger partial charge in [0, 0.05) is 19.7 Å². The van der Waals surface area contributed by atoms with Gasteiger partial charge in [-0.25, -0.2) is 0 Å². The van der Waals surface area contributed by atoms with Crippen molar-refractivity contribution < 1.29 is 14.1 Å². The molecule has 0 bridgehead atoms. The van der Waals surface area contributed by atoms with Gasteiger partial charge in [0.25, 0.3) is 5.91 Å². The number of pyridine rings is 1. The summed E-state index contributed by atoms with van der Waals surface area (Å²) in [6.45, 7) is 5.79. The van der Waals surface area contributed by atoms with E-state index in [1.807, 2.05) is 18.2 Å². The van der Waals surface area contributed by atoms with Crippen LogP contribution in [0.25, 0.3) is 0 Å². The predicted molar refractivity (Wildman–Crippen MR) is 105 cm³/mol. The average Bonchev–Trinajstić information content (AvgIpc) is 3.04. The van der Waals surface area contributed by atoms with E-state index in [0.717, 1.165) is 37.9 Å². The van der Waals surface area contributed by atoms with Crippen molar-refractivity contribution in [2.45, 2.75) is 52.5 Å². The molecule has 0 aliphatic heterocycles. The lowest BCUT2D eigenvalue weighted by Crippen LogP contribution is -2.37. The van der Waals surface area contributed by atoms with E-state index in [1.54, 1.807) is 27.0 Å². The third-order valence-electron chi connectivity index (χ3n) is 5.56. The molecule has 1 aliphatic rings. The summed E-state index contributed by atoms with van der Waals surface area (Å²) in [6, 6.07) is 5.62. The van der Waals surface area contributed by atoms with Crippen LogP contribution in [-0.2, 0) is 4.79 Å². The Morgan fingerprint density at radius 2 is 1.96 bits per heavy atom. The fourth-order valence-corrected chi connectivity index (χ4v) is 4.03. The molecule has 1 aliphatic carbocycles. The summed E-state index contributed by atoms with van der Waals surface area (Å²) in [7, 11) is 0. The fourth-order valence-electron chi connectivity index (χ4n) is 4.03. The molecule has 1 fully saturated rings. The van der Waals surface area contributed by atoms with Crippen LogP contribution in [-0.4, -0.2) is 28.5 Å². The van der Waals surface area contributed by atoms with Crippen molar-refractivity contribution in [2.24, 2.45) is 11.8 Å². The molecule has 0 spiro atoms. The second-order valence-corrected chi connectivity index (χ2v) is 7.62. The van der Waals surface area contributed by atoms with Gasteiger partial charge >= 0.3 is 0 Å². The first kappa shape index (κ1) is 20.0. The predicted octanol–water partition coefficient (Wildman–Crippen LogP) is 3.10. The zero-order chi connectivity index (χ0) is 20.1. The van der Waals surface area contributed by atoms with Crippen LogP contribution >= 0.6 is 0 Å².